The van der Waals surface area contributed by atoms with Crippen molar-refractivity contribution in [2.45, 2.75) is 0 Å². The molecule has 1 saturated heterocycles. The van der Waals surface area contributed by atoms with Crippen LogP contribution in [0.1, 0.15) is 10.4 Å². The molecule has 1 aliphatic rings. The van der Waals surface area contributed by atoms with Crippen LogP contribution in [0.3, 0.4) is 0 Å². The van der Waals surface area contributed by atoms with Gasteiger partial charge >= 0.3 is 0 Å². The van der Waals surface area contributed by atoms with Crippen molar-refractivity contribution in [1.82, 2.24) is 14.9 Å². The fraction of sp³-hybridized carbons (Fsp3) is 0.300. The van der Waals surface area contributed by atoms with Crippen molar-refractivity contribution in [3.63, 3.8) is 0 Å². The Bertz CT molecular complexity index is 977. The number of nitrogens with zero attached hydrogens (tertiary/aromatic N) is 2. The fourth-order valence-corrected chi connectivity index (χ4v) is 3.48. The summed E-state index contributed by atoms with van der Waals surface area (Å²) in [4.78, 5) is 22.2. The molecule has 1 fully saturated rings. The van der Waals surface area contributed by atoms with Gasteiger partial charge in [0.1, 0.15) is 11.4 Å². The molecule has 27 heavy (non-hydrogen) atoms. The van der Waals surface area contributed by atoms with Crippen molar-refractivity contribution in [3.05, 3.63) is 42.2 Å². The van der Waals surface area contributed by atoms with Gasteiger partial charge in [-0.15, -0.1) is 0 Å². The third kappa shape index (κ3) is 3.10. The van der Waals surface area contributed by atoms with Gasteiger partial charge < -0.3 is 24.7 Å². The third-order valence-electron chi connectivity index (χ3n) is 4.87. The summed E-state index contributed by atoms with van der Waals surface area (Å²) < 4.78 is 10.9. The number of aromatic nitrogens is 2. The van der Waals surface area contributed by atoms with E-state index in [1.54, 1.807) is 13.2 Å². The SMILES string of the molecule is CNc1c(-c2ccc(C(=O)N3CCOCC3)cc2OC)cnc2[nH]ccc12. The molecule has 0 spiro atoms. The molecule has 7 nitrogen and oxygen atoms in total. The van der Waals surface area contributed by atoms with E-state index in [9.17, 15) is 4.79 Å². The molecule has 2 N–H and O–H groups in total. The fourth-order valence-electron chi connectivity index (χ4n) is 3.48. The summed E-state index contributed by atoms with van der Waals surface area (Å²) >= 11 is 0. The Morgan fingerprint density at radius 1 is 1.26 bits per heavy atom. The number of amides is 1. The van der Waals surface area contributed by atoms with Gasteiger partial charge in [-0.05, 0) is 24.3 Å². The van der Waals surface area contributed by atoms with Crippen molar-refractivity contribution in [2.75, 3.05) is 45.8 Å². The summed E-state index contributed by atoms with van der Waals surface area (Å²) in [5.74, 6) is 0.637. The Morgan fingerprint density at radius 3 is 2.81 bits per heavy atom. The van der Waals surface area contributed by atoms with E-state index in [-0.39, 0.29) is 5.91 Å². The molecule has 3 aromatic rings. The minimum atomic E-state index is -0.00352. The van der Waals surface area contributed by atoms with Crippen LogP contribution in [-0.2, 0) is 4.74 Å². The van der Waals surface area contributed by atoms with E-state index in [2.05, 4.69) is 15.3 Å². The molecule has 1 aromatic carbocycles. The molecule has 140 valence electrons. The highest BCUT2D eigenvalue weighted by atomic mass is 16.5. The summed E-state index contributed by atoms with van der Waals surface area (Å²) in [6.07, 6.45) is 3.68. The lowest BCUT2D eigenvalue weighted by atomic mass is 10.0. The molecule has 1 amide bonds. The summed E-state index contributed by atoms with van der Waals surface area (Å²) in [5, 5.41) is 4.26. The molecule has 0 radical (unpaired) electrons. The largest absolute Gasteiger partial charge is 0.496 e. The van der Waals surface area contributed by atoms with E-state index in [0.29, 0.717) is 37.6 Å². The third-order valence-corrected chi connectivity index (χ3v) is 4.87. The van der Waals surface area contributed by atoms with Gasteiger partial charge in [0, 0.05) is 54.6 Å². The van der Waals surface area contributed by atoms with Crippen molar-refractivity contribution in [2.24, 2.45) is 0 Å². The highest BCUT2D eigenvalue weighted by Gasteiger charge is 2.21. The van der Waals surface area contributed by atoms with Gasteiger partial charge in [-0.1, -0.05) is 0 Å². The number of pyridine rings is 1. The van der Waals surface area contributed by atoms with Crippen molar-refractivity contribution in [1.29, 1.82) is 0 Å². The van der Waals surface area contributed by atoms with Crippen LogP contribution in [0.4, 0.5) is 5.69 Å². The van der Waals surface area contributed by atoms with Gasteiger partial charge in [-0.2, -0.15) is 0 Å². The molecule has 7 heteroatoms. The zero-order chi connectivity index (χ0) is 18.8. The monoisotopic (exact) mass is 366 g/mol. The predicted octanol–water partition coefficient (Wildman–Crippen LogP) is 2.75. The first-order chi connectivity index (χ1) is 13.2. The number of anilines is 1. The highest BCUT2D eigenvalue weighted by molar-refractivity contribution is 6.00. The summed E-state index contributed by atoms with van der Waals surface area (Å²) in [7, 11) is 3.50. The van der Waals surface area contributed by atoms with Gasteiger partial charge in [0.25, 0.3) is 5.91 Å². The number of morpholine rings is 1. The van der Waals surface area contributed by atoms with Crippen LogP contribution in [0.5, 0.6) is 5.75 Å². The summed E-state index contributed by atoms with van der Waals surface area (Å²) in [6.45, 7) is 2.38. The molecule has 3 heterocycles. The van der Waals surface area contributed by atoms with Gasteiger partial charge in [-0.3, -0.25) is 4.79 Å². The van der Waals surface area contributed by atoms with E-state index < -0.39 is 0 Å². The standard InChI is InChI=1S/C20H22N4O3/c1-21-18-15-5-6-22-19(15)23-12-16(18)14-4-3-13(11-17(14)26-2)20(25)24-7-9-27-10-8-24/h3-6,11-12H,7-10H2,1-2H3,(H2,21,22,23). The molecule has 2 aromatic heterocycles. The number of aromatic amines is 1. The van der Waals surface area contributed by atoms with Crippen molar-refractivity contribution < 1.29 is 14.3 Å². The number of hydrogen-bond donors (Lipinski definition) is 2. The number of nitrogens with one attached hydrogen (secondary N) is 2. The zero-order valence-electron chi connectivity index (χ0n) is 15.4. The molecular weight excluding hydrogens is 344 g/mol. The van der Waals surface area contributed by atoms with E-state index >= 15 is 0 Å². The van der Waals surface area contributed by atoms with Crippen LogP contribution in [0.2, 0.25) is 0 Å². The molecule has 0 atom stereocenters. The molecule has 0 bridgehead atoms. The average molecular weight is 366 g/mol. The maximum Gasteiger partial charge on any atom is 0.254 e. The molecule has 0 aliphatic carbocycles. The Balaban J connectivity index is 1.75. The second-order valence-electron chi connectivity index (χ2n) is 6.36. The van der Waals surface area contributed by atoms with Crippen molar-refractivity contribution >= 4 is 22.6 Å². The van der Waals surface area contributed by atoms with E-state index in [1.165, 1.54) is 0 Å². The molecule has 4 rings (SSSR count). The number of carbonyl (C=O) groups is 1. The van der Waals surface area contributed by atoms with E-state index in [4.69, 9.17) is 9.47 Å². The van der Waals surface area contributed by atoms with Gasteiger partial charge in [-0.25, -0.2) is 4.98 Å². The number of fused-ring (bicyclic) bond motifs is 1. The number of methoxy groups -OCH3 is 1. The zero-order valence-corrected chi connectivity index (χ0v) is 15.4. The second kappa shape index (κ2) is 7.28. The highest BCUT2D eigenvalue weighted by Crippen LogP contribution is 2.38. The first kappa shape index (κ1) is 17.4. The van der Waals surface area contributed by atoms with Crippen LogP contribution >= 0.6 is 0 Å². The Hall–Kier alpha value is -3.06. The maximum absolute atomic E-state index is 12.8. The number of carbonyl (C=O) groups excluding carboxylic acids is 1. The normalized spacial score (nSPS) is 14.4. The maximum atomic E-state index is 12.8. The van der Waals surface area contributed by atoms with Gasteiger partial charge in [0.15, 0.2) is 0 Å². The molecular formula is C20H22N4O3. The molecule has 1 aliphatic heterocycles. The Labute approximate surface area is 157 Å². The summed E-state index contributed by atoms with van der Waals surface area (Å²) in [6, 6.07) is 7.55. The van der Waals surface area contributed by atoms with Crippen LogP contribution in [-0.4, -0.2) is 61.2 Å². The van der Waals surface area contributed by atoms with Gasteiger partial charge in [0.2, 0.25) is 0 Å². The first-order valence-corrected chi connectivity index (χ1v) is 8.92. The molecule has 0 saturated carbocycles. The lowest BCUT2D eigenvalue weighted by Gasteiger charge is -2.27. The minimum absolute atomic E-state index is 0.00352. The van der Waals surface area contributed by atoms with Crippen molar-refractivity contribution in [3.8, 4) is 16.9 Å². The lowest BCUT2D eigenvalue weighted by Crippen LogP contribution is -2.40. The first-order valence-electron chi connectivity index (χ1n) is 8.92. The molecule has 0 unspecified atom stereocenters. The van der Waals surface area contributed by atoms with E-state index in [1.807, 2.05) is 42.5 Å². The number of H-pyrrole nitrogens is 1. The summed E-state index contributed by atoms with van der Waals surface area (Å²) in [5.41, 5.74) is 4.20. The number of ether oxygens (including phenoxy) is 2. The van der Waals surface area contributed by atoms with Gasteiger partial charge in [0.05, 0.1) is 26.0 Å². The Kier molecular flexibility index (Phi) is 4.68. The van der Waals surface area contributed by atoms with Crippen LogP contribution in [0.25, 0.3) is 22.2 Å². The average Bonchev–Trinajstić information content (AvgIpc) is 3.21. The van der Waals surface area contributed by atoms with Crippen LogP contribution in [0, 0.1) is 0 Å². The minimum Gasteiger partial charge on any atom is -0.496 e. The number of benzene rings is 1. The Morgan fingerprint density at radius 2 is 2.07 bits per heavy atom. The van der Waals surface area contributed by atoms with Crippen LogP contribution < -0.4 is 10.1 Å². The quantitative estimate of drug-likeness (QED) is 0.742. The van der Waals surface area contributed by atoms with Crippen LogP contribution in [0.15, 0.2) is 36.7 Å². The second-order valence-corrected chi connectivity index (χ2v) is 6.36. The number of hydrogen-bond acceptors (Lipinski definition) is 5. The van der Waals surface area contributed by atoms with E-state index in [0.717, 1.165) is 27.8 Å². The number of rotatable bonds is 4. The predicted molar refractivity (Wildman–Crippen MR) is 104 cm³/mol. The lowest BCUT2D eigenvalue weighted by molar-refractivity contribution is 0.0302. The smallest absolute Gasteiger partial charge is 0.254 e. The topological polar surface area (TPSA) is 79.5 Å².